The van der Waals surface area contributed by atoms with Crippen LogP contribution < -0.4 is 5.19 Å². The Balaban J connectivity index is 2.08. The third-order valence-corrected chi connectivity index (χ3v) is 5.55. The van der Waals surface area contributed by atoms with Crippen molar-refractivity contribution in [2.24, 2.45) is 0 Å². The molecule has 2 rings (SSSR count). The van der Waals surface area contributed by atoms with Crippen molar-refractivity contribution in [2.75, 3.05) is 0 Å². The molecule has 0 aromatic carbocycles. The average Bonchev–Trinajstić information content (AvgIpc) is 2.21. The molecule has 2 heterocycles. The Labute approximate surface area is 75.4 Å². The number of pyridine rings is 1. The molecular formula is C10H14NSi. The predicted octanol–water partition coefficient (Wildman–Crippen LogP) is 1.97. The molecule has 0 bridgehead atoms. The number of aromatic nitrogens is 1. The van der Waals surface area contributed by atoms with Crippen LogP contribution in [-0.4, -0.2) is 13.8 Å². The van der Waals surface area contributed by atoms with E-state index in [9.17, 15) is 0 Å². The lowest BCUT2D eigenvalue weighted by Gasteiger charge is -2.19. The van der Waals surface area contributed by atoms with Crippen LogP contribution in [0.15, 0.2) is 24.5 Å². The summed E-state index contributed by atoms with van der Waals surface area (Å²) in [5, 5.41) is 1.54. The van der Waals surface area contributed by atoms with Crippen molar-refractivity contribution in [3.8, 4) is 0 Å². The van der Waals surface area contributed by atoms with Crippen molar-refractivity contribution >= 4 is 14.0 Å². The molecule has 2 heteroatoms. The van der Waals surface area contributed by atoms with Crippen molar-refractivity contribution in [3.63, 3.8) is 0 Å². The zero-order valence-corrected chi connectivity index (χ0v) is 8.29. The summed E-state index contributed by atoms with van der Waals surface area (Å²) in [6, 6.07) is 7.26. The number of nitrogens with zero attached hydrogens (tertiary/aromatic N) is 1. The summed E-state index contributed by atoms with van der Waals surface area (Å²) in [6.45, 7) is 0. The minimum atomic E-state index is -0.188. The van der Waals surface area contributed by atoms with Crippen LogP contribution in [0.3, 0.4) is 0 Å². The van der Waals surface area contributed by atoms with Crippen LogP contribution in [-0.2, 0) is 0 Å². The zero-order valence-electron chi connectivity index (χ0n) is 7.29. The molecule has 63 valence electrons. The van der Waals surface area contributed by atoms with Gasteiger partial charge < -0.3 is 0 Å². The van der Waals surface area contributed by atoms with E-state index in [2.05, 4.69) is 23.3 Å². The molecular weight excluding hydrogens is 162 g/mol. The normalized spacial score (nSPS) is 19.3. The van der Waals surface area contributed by atoms with Gasteiger partial charge >= 0.3 is 0 Å². The minimum Gasteiger partial charge on any atom is -0.265 e. The van der Waals surface area contributed by atoms with E-state index < -0.39 is 0 Å². The third-order valence-electron chi connectivity index (χ3n) is 2.53. The van der Waals surface area contributed by atoms with Crippen molar-refractivity contribution in [1.82, 2.24) is 4.98 Å². The fourth-order valence-corrected chi connectivity index (χ4v) is 4.61. The van der Waals surface area contributed by atoms with E-state index in [-0.39, 0.29) is 8.80 Å². The summed E-state index contributed by atoms with van der Waals surface area (Å²) in [4.78, 5) is 4.19. The molecule has 1 aliphatic rings. The Hall–Kier alpha value is -0.633. The summed E-state index contributed by atoms with van der Waals surface area (Å²) in [7, 11) is -0.188. The summed E-state index contributed by atoms with van der Waals surface area (Å²) >= 11 is 0. The van der Waals surface area contributed by atoms with Gasteiger partial charge in [-0.25, -0.2) is 0 Å². The van der Waals surface area contributed by atoms with Gasteiger partial charge in [-0.1, -0.05) is 37.4 Å². The minimum absolute atomic E-state index is 0.188. The van der Waals surface area contributed by atoms with Crippen LogP contribution in [0.5, 0.6) is 0 Å². The Morgan fingerprint density at radius 1 is 1.17 bits per heavy atom. The Morgan fingerprint density at radius 2 is 2.00 bits per heavy atom. The number of hydrogen-bond acceptors (Lipinski definition) is 1. The third kappa shape index (κ3) is 1.75. The SMILES string of the molecule is c1cncc([Si]2CCCCC2)c1. The highest BCUT2D eigenvalue weighted by Crippen LogP contribution is 2.18. The molecule has 12 heavy (non-hydrogen) atoms. The van der Waals surface area contributed by atoms with E-state index in [1.165, 1.54) is 31.4 Å². The molecule has 1 aromatic rings. The van der Waals surface area contributed by atoms with Crippen LogP contribution in [0.2, 0.25) is 12.1 Å². The van der Waals surface area contributed by atoms with E-state index >= 15 is 0 Å². The largest absolute Gasteiger partial charge is 0.265 e. The summed E-state index contributed by atoms with van der Waals surface area (Å²) < 4.78 is 0. The first-order valence-electron chi connectivity index (χ1n) is 4.72. The molecule has 0 amide bonds. The van der Waals surface area contributed by atoms with E-state index in [0.29, 0.717) is 0 Å². The van der Waals surface area contributed by atoms with Crippen LogP contribution in [0.1, 0.15) is 19.3 Å². The molecule has 0 spiro atoms. The maximum Gasteiger partial charge on any atom is 0.0877 e. The molecule has 1 fully saturated rings. The van der Waals surface area contributed by atoms with Crippen LogP contribution >= 0.6 is 0 Å². The van der Waals surface area contributed by atoms with Gasteiger partial charge in [-0.15, -0.1) is 0 Å². The lowest BCUT2D eigenvalue weighted by molar-refractivity contribution is 0.727. The molecule has 0 aliphatic carbocycles. The van der Waals surface area contributed by atoms with Crippen molar-refractivity contribution in [1.29, 1.82) is 0 Å². The van der Waals surface area contributed by atoms with Crippen molar-refractivity contribution in [2.45, 2.75) is 31.4 Å². The smallest absolute Gasteiger partial charge is 0.0877 e. The highest BCUT2D eigenvalue weighted by molar-refractivity contribution is 6.73. The van der Waals surface area contributed by atoms with Crippen LogP contribution in [0, 0.1) is 0 Å². The summed E-state index contributed by atoms with van der Waals surface area (Å²) in [5.41, 5.74) is 0. The number of rotatable bonds is 1. The second kappa shape index (κ2) is 3.85. The highest BCUT2D eigenvalue weighted by Gasteiger charge is 2.16. The van der Waals surface area contributed by atoms with E-state index in [0.717, 1.165) is 0 Å². The lowest BCUT2D eigenvalue weighted by atomic mass is 10.3. The standard InChI is InChI=1S/C10H14NSi/c1-2-7-12(8-3-1)10-5-4-6-11-9-10/h4-6,9H,1-3,7-8H2. The molecule has 1 aliphatic heterocycles. The predicted molar refractivity (Wildman–Crippen MR) is 53.1 cm³/mol. The van der Waals surface area contributed by atoms with Gasteiger partial charge in [0, 0.05) is 12.4 Å². The second-order valence-electron chi connectivity index (χ2n) is 3.41. The first-order chi connectivity index (χ1) is 5.97. The number of hydrogen-bond donors (Lipinski definition) is 0. The average molecular weight is 176 g/mol. The van der Waals surface area contributed by atoms with Crippen LogP contribution in [0.25, 0.3) is 0 Å². The van der Waals surface area contributed by atoms with Gasteiger partial charge in [-0.3, -0.25) is 4.98 Å². The fraction of sp³-hybridized carbons (Fsp3) is 0.500. The van der Waals surface area contributed by atoms with Crippen molar-refractivity contribution < 1.29 is 0 Å². The van der Waals surface area contributed by atoms with Gasteiger partial charge in [0.1, 0.15) is 0 Å². The molecule has 0 saturated carbocycles. The Kier molecular flexibility index (Phi) is 2.56. The quantitative estimate of drug-likeness (QED) is 0.596. The first kappa shape index (κ1) is 7.99. The van der Waals surface area contributed by atoms with Gasteiger partial charge in [0.15, 0.2) is 0 Å². The molecule has 0 atom stereocenters. The molecule has 1 radical (unpaired) electrons. The van der Waals surface area contributed by atoms with Crippen LogP contribution in [0.4, 0.5) is 0 Å². The summed E-state index contributed by atoms with van der Waals surface area (Å²) in [6.07, 6.45) is 8.29. The van der Waals surface area contributed by atoms with Crippen molar-refractivity contribution in [3.05, 3.63) is 24.5 Å². The van der Waals surface area contributed by atoms with Gasteiger partial charge in [-0.2, -0.15) is 0 Å². The molecule has 1 saturated heterocycles. The summed E-state index contributed by atoms with van der Waals surface area (Å²) in [5.74, 6) is 0. The van der Waals surface area contributed by atoms with E-state index in [4.69, 9.17) is 0 Å². The maximum atomic E-state index is 4.19. The second-order valence-corrected chi connectivity index (χ2v) is 6.19. The first-order valence-corrected chi connectivity index (χ1v) is 6.63. The zero-order chi connectivity index (χ0) is 8.23. The van der Waals surface area contributed by atoms with Gasteiger partial charge in [0.05, 0.1) is 8.80 Å². The van der Waals surface area contributed by atoms with Gasteiger partial charge in [-0.05, 0) is 11.3 Å². The van der Waals surface area contributed by atoms with E-state index in [1.807, 2.05) is 6.20 Å². The highest BCUT2D eigenvalue weighted by atomic mass is 28.3. The van der Waals surface area contributed by atoms with Gasteiger partial charge in [0.25, 0.3) is 0 Å². The Bertz CT molecular complexity index is 229. The Morgan fingerprint density at radius 3 is 2.67 bits per heavy atom. The fourth-order valence-electron chi connectivity index (χ4n) is 1.84. The molecule has 1 aromatic heterocycles. The maximum absolute atomic E-state index is 4.19. The topological polar surface area (TPSA) is 12.9 Å². The van der Waals surface area contributed by atoms with E-state index in [1.54, 1.807) is 5.19 Å². The molecule has 0 N–H and O–H groups in total. The lowest BCUT2D eigenvalue weighted by Crippen LogP contribution is -2.31. The molecule has 1 nitrogen and oxygen atoms in total. The van der Waals surface area contributed by atoms with Gasteiger partial charge in [0.2, 0.25) is 0 Å². The monoisotopic (exact) mass is 176 g/mol. The molecule has 0 unspecified atom stereocenters.